The Balaban J connectivity index is 1.89. The van der Waals surface area contributed by atoms with E-state index in [2.05, 4.69) is 122 Å². The van der Waals surface area contributed by atoms with Gasteiger partial charge in [-0.1, -0.05) is 143 Å². The van der Waals surface area contributed by atoms with Gasteiger partial charge in [0.2, 0.25) is 106 Å². The average molecular weight is 2140 g/mol. The van der Waals surface area contributed by atoms with Gasteiger partial charge in [-0.05, 0) is 101 Å². The number of guanidine groups is 5. The Morgan fingerprint density at radius 3 is 0.951 bits per heavy atom. The SMILES string of the molecule is CC[C@H](C)[C@@H]1NC(=O)[C@@H]2CSSC[C@H](NC(=O)[C@H](CCCNC(=N)N)NC(=O)[C@@H]3CSSC[C@H](NC1=O)C(=O)N[C@@H]([C@@H](C)O)C(=O)N[C@@H](CCCNC(=N)N)C(=O)N[C@@H](CC(=O)O)C(=O)N[C@@H](Cc1ccccc1)C(=O)N3)C(=O)N[C@@H](CC(C)C)C(=O)N[C@H]1CSSC[C@H](NC(=O)[C@H](C(C)C)NC(=O)CNC(=O)[C@H](CCCNC(=N)N)NC(=O)[C@H](CCCNC(=N)N)NC1=O)C(=O)N[C@@H](CCCNC(=N)N)C(=O)N2. The molecule has 0 aliphatic carbocycles. The lowest BCUT2D eigenvalue weighted by atomic mass is 9.97. The molecule has 5 rings (SSSR count). The van der Waals surface area contributed by atoms with E-state index in [1.54, 1.807) is 65.0 Å². The number of aliphatic hydroxyl groups is 1. The Morgan fingerprint density at radius 1 is 0.347 bits per heavy atom. The lowest BCUT2D eigenvalue weighted by Gasteiger charge is -2.31. The third-order valence-corrected chi connectivity index (χ3v) is 29.6. The summed E-state index contributed by atoms with van der Waals surface area (Å²) in [7, 11) is 4.65. The molecule has 144 heavy (non-hydrogen) atoms. The molecule has 0 radical (unpaired) electrons. The van der Waals surface area contributed by atoms with E-state index in [0.29, 0.717) is 5.56 Å². The summed E-state index contributed by atoms with van der Waals surface area (Å²) in [5.74, 6) is -29.8. The standard InChI is InChI=1S/C84H139N33O21S6/c1-8-41(6)61-78(137)114-57-38-144-140-34-53(112-69(128)50(30-43-17-10-9-11-18-43)107-70(129)51(31-59(120)121)108-65(124)48(23-16-28-99-84(93)94)105-79(138)62(42(7)118)117-76(57)135)72(131)103-46(21-14-26-97-82(89)90)66(125)109-54-35-141-143-37-56(75(134)116-61)110-67(126)47(22-15-27-98-83(91)92)104-73(132)55-36-142-139-33-52(111-68(127)49(29-39(2)3)106-74(54)133)71(130)102-45(20-13-25-96-81(87)88)64(123)101-44(19-12-24-95-80(85)86)63(122)100-32-58(119)115-60(40(4)5)77(136)113-55/h9-11,17-18,39-42,44-57,60-62,118H,8,12-16,19-38H2,1-7H3,(H,100,122)(H,101,123)(H,102,130)(H,103,131)(H,104,132)(H,105,138)(H,106,133)(H,107,129)(H,108,124)(H,109,125)(H,110,126)(H,111,127)(H,112,128)(H,113,136)(H,114,137)(H,115,119)(H,116,134)(H,117,135)(H,120,121)(H4,85,86,95)(H4,87,88,96)(H4,89,90,97)(H4,91,92,98)(H4,93,94,99)/t41-,42+,44-,45-,46-,47-,48-,49-,50-,51-,52-,53-,54-,55-,56-,57-,60-,61-,62-/m0/s1. The number of hydrogen-bond acceptors (Lipinski definition) is 31. The van der Waals surface area contributed by atoms with Crippen LogP contribution in [0.4, 0.5) is 0 Å². The number of nitrogens with one attached hydrogen (secondary N) is 28. The number of benzene rings is 1. The second-order valence-corrected chi connectivity index (χ2v) is 42.7. The highest BCUT2D eigenvalue weighted by Crippen LogP contribution is 2.29. The first-order valence-electron chi connectivity index (χ1n) is 46.6. The molecule has 0 aromatic heterocycles. The highest BCUT2D eigenvalue weighted by molar-refractivity contribution is 8.77. The fourth-order valence-corrected chi connectivity index (χ4v) is 21.4. The third kappa shape index (κ3) is 44.8. The zero-order chi connectivity index (χ0) is 107. The predicted octanol–water partition coefficient (Wildman–Crippen LogP) is -9.29. The van der Waals surface area contributed by atoms with Crippen LogP contribution in [0.2, 0.25) is 0 Å². The minimum absolute atomic E-state index is 0.00370. The summed E-state index contributed by atoms with van der Waals surface area (Å²) in [6, 6.07) is -22.3. The van der Waals surface area contributed by atoms with Crippen LogP contribution in [0.25, 0.3) is 0 Å². The van der Waals surface area contributed by atoms with Crippen LogP contribution in [0.15, 0.2) is 30.3 Å². The van der Waals surface area contributed by atoms with Crippen LogP contribution in [0.3, 0.4) is 0 Å². The van der Waals surface area contributed by atoms with E-state index in [9.17, 15) is 48.6 Å². The van der Waals surface area contributed by atoms with Crippen molar-refractivity contribution in [3.63, 3.8) is 0 Å². The molecule has 6 bridgehead atoms. The summed E-state index contributed by atoms with van der Waals surface area (Å²) in [5, 5.41) is 120. The number of hydrogen-bond donors (Lipinski definition) is 35. The van der Waals surface area contributed by atoms with Crippen molar-refractivity contribution in [2.24, 2.45) is 46.4 Å². The normalized spacial score (nSPS) is 26.1. The Hall–Kier alpha value is -12.4. The monoisotopic (exact) mass is 2140 g/mol. The van der Waals surface area contributed by atoms with Crippen molar-refractivity contribution in [1.82, 2.24) is 122 Å². The van der Waals surface area contributed by atoms with Crippen molar-refractivity contribution in [2.75, 3.05) is 73.8 Å². The second-order valence-electron chi connectivity index (χ2n) is 35.0. The number of amides is 18. The lowest BCUT2D eigenvalue weighted by molar-refractivity contribution is -0.142. The number of aliphatic carboxylic acids is 1. The highest BCUT2D eigenvalue weighted by Gasteiger charge is 2.43. The molecule has 802 valence electrons. The van der Waals surface area contributed by atoms with Gasteiger partial charge in [0, 0.05) is 73.7 Å². The van der Waals surface area contributed by atoms with Crippen molar-refractivity contribution in [3.8, 4) is 0 Å². The lowest BCUT2D eigenvalue weighted by Crippen LogP contribution is -2.63. The van der Waals surface area contributed by atoms with E-state index in [4.69, 9.17) is 55.7 Å². The molecule has 60 heteroatoms. The van der Waals surface area contributed by atoms with Gasteiger partial charge < -0.3 is 161 Å². The zero-order valence-corrected chi connectivity index (χ0v) is 85.8. The molecule has 40 N–H and O–H groups in total. The molecule has 19 atom stereocenters. The van der Waals surface area contributed by atoms with Crippen LogP contribution < -0.4 is 151 Å². The molecule has 18 amide bonds. The smallest absolute Gasteiger partial charge is 0.305 e. The van der Waals surface area contributed by atoms with E-state index < -0.39 is 329 Å². The molecule has 0 unspecified atom stereocenters. The number of fused-ring (bicyclic) bond motifs is 15. The molecule has 0 spiro atoms. The molecule has 4 aliphatic heterocycles. The molecular weight excluding hydrogens is 2000 g/mol. The van der Waals surface area contributed by atoms with Crippen molar-refractivity contribution in [3.05, 3.63) is 35.9 Å². The zero-order valence-electron chi connectivity index (χ0n) is 80.9. The maximum Gasteiger partial charge on any atom is 0.305 e. The molecule has 54 nitrogen and oxygen atoms in total. The van der Waals surface area contributed by atoms with Crippen molar-refractivity contribution >= 4 is 207 Å². The van der Waals surface area contributed by atoms with E-state index in [1.807, 2.05) is 0 Å². The minimum atomic E-state index is -2.08. The van der Waals surface area contributed by atoms with E-state index >= 15 is 52.7 Å². The van der Waals surface area contributed by atoms with Gasteiger partial charge in [0.1, 0.15) is 103 Å². The largest absolute Gasteiger partial charge is 0.481 e. The van der Waals surface area contributed by atoms with Crippen molar-refractivity contribution < 1.29 is 101 Å². The minimum Gasteiger partial charge on any atom is -0.481 e. The van der Waals surface area contributed by atoms with Crippen LogP contribution in [-0.4, -0.2) is 335 Å². The van der Waals surface area contributed by atoms with Gasteiger partial charge >= 0.3 is 5.97 Å². The second kappa shape index (κ2) is 63.6. The van der Waals surface area contributed by atoms with Crippen LogP contribution >= 0.6 is 64.8 Å². The molecule has 0 saturated carbocycles. The van der Waals surface area contributed by atoms with E-state index in [1.165, 1.54) is 6.92 Å². The number of nitrogens with two attached hydrogens (primary N) is 5. The quantitative estimate of drug-likeness (QED) is 0.0147. The van der Waals surface area contributed by atoms with E-state index in [0.717, 1.165) is 71.7 Å². The molecule has 1 aromatic carbocycles. The fourth-order valence-electron chi connectivity index (χ4n) is 14.4. The Labute approximate surface area is 855 Å². The molecule has 4 aliphatic rings. The van der Waals surface area contributed by atoms with Gasteiger partial charge in [-0.3, -0.25) is 118 Å². The number of carboxylic acid groups (broad SMARTS) is 1. The van der Waals surface area contributed by atoms with Crippen LogP contribution in [-0.2, 0) is 97.5 Å². The van der Waals surface area contributed by atoms with E-state index in [-0.39, 0.29) is 103 Å². The first-order valence-corrected chi connectivity index (χ1v) is 54.1. The first kappa shape index (κ1) is 122. The summed E-state index contributed by atoms with van der Waals surface area (Å²) in [5.41, 5.74) is 28.4. The van der Waals surface area contributed by atoms with Crippen molar-refractivity contribution in [1.29, 1.82) is 27.0 Å². The summed E-state index contributed by atoms with van der Waals surface area (Å²) in [6.45, 7) is 9.38. The van der Waals surface area contributed by atoms with Gasteiger partial charge in [-0.2, -0.15) is 0 Å². The summed E-state index contributed by atoms with van der Waals surface area (Å²) in [4.78, 5) is 286. The Morgan fingerprint density at radius 2 is 0.618 bits per heavy atom. The Bertz CT molecular complexity index is 4660. The molecule has 4 heterocycles. The van der Waals surface area contributed by atoms with Gasteiger partial charge in [-0.25, -0.2) is 0 Å². The highest BCUT2D eigenvalue weighted by atomic mass is 33.1. The van der Waals surface area contributed by atoms with Crippen LogP contribution in [0, 0.1) is 44.8 Å². The number of carboxylic acids is 1. The molecule has 4 fully saturated rings. The Kier molecular flexibility index (Phi) is 53.9. The molecular formula is C84H139N33O21S6. The number of rotatable bonds is 30. The number of carbonyl (C=O) groups excluding carboxylic acids is 18. The molecule has 4 saturated heterocycles. The summed E-state index contributed by atoms with van der Waals surface area (Å²) >= 11 is 0. The number of aliphatic hydroxyl groups excluding tert-OH is 1. The summed E-state index contributed by atoms with van der Waals surface area (Å²) in [6.07, 6.45) is -5.49. The maximum atomic E-state index is 15.7. The third-order valence-electron chi connectivity index (χ3n) is 22.4. The fraction of sp³-hybridized carbons (Fsp3) is 0.643. The topological polar surface area (TPSA) is 891 Å². The van der Waals surface area contributed by atoms with Crippen LogP contribution in [0.5, 0.6) is 0 Å². The average Bonchev–Trinajstić information content (AvgIpc) is 0.847. The molecule has 1 aromatic rings. The van der Waals surface area contributed by atoms with Crippen LogP contribution in [0.1, 0.15) is 138 Å². The van der Waals surface area contributed by atoms with Gasteiger partial charge in [0.25, 0.3) is 0 Å². The van der Waals surface area contributed by atoms with Crippen molar-refractivity contribution in [2.45, 2.75) is 247 Å². The van der Waals surface area contributed by atoms with Gasteiger partial charge in [0.05, 0.1) is 19.1 Å². The van der Waals surface area contributed by atoms with Gasteiger partial charge in [-0.15, -0.1) is 0 Å². The number of carbonyl (C=O) groups is 19. The maximum absolute atomic E-state index is 15.7. The predicted molar refractivity (Wildman–Crippen MR) is 544 cm³/mol. The van der Waals surface area contributed by atoms with Gasteiger partial charge in [0.15, 0.2) is 29.8 Å². The summed E-state index contributed by atoms with van der Waals surface area (Å²) < 4.78 is 0. The first-order chi connectivity index (χ1) is 68.1.